The Morgan fingerprint density at radius 3 is 2.24 bits per heavy atom. The third kappa shape index (κ3) is 8.72. The number of guanidine groups is 1. The van der Waals surface area contributed by atoms with Crippen LogP contribution in [0.2, 0.25) is 0 Å². The maximum Gasteiger partial charge on any atom is 0.242 e. The van der Waals surface area contributed by atoms with Gasteiger partial charge >= 0.3 is 0 Å². The monoisotopic (exact) mass is 510 g/mol. The normalized spacial score (nSPS) is 10.7. The summed E-state index contributed by atoms with van der Waals surface area (Å²) in [6.07, 6.45) is 0. The second-order valence-electron chi connectivity index (χ2n) is 6.64. The van der Waals surface area contributed by atoms with Crippen LogP contribution in [0.4, 0.5) is 0 Å². The first-order valence-electron chi connectivity index (χ1n) is 9.46. The Labute approximate surface area is 190 Å². The molecule has 7 heteroatoms. The lowest BCUT2D eigenvalue weighted by Gasteiger charge is -2.22. The van der Waals surface area contributed by atoms with Crippen LogP contribution in [0, 0.1) is 6.92 Å². The van der Waals surface area contributed by atoms with E-state index in [1.54, 1.807) is 7.11 Å². The number of nitrogens with one attached hydrogen (secondary N) is 2. The number of carbonyl (C=O) groups is 1. The molecule has 0 aliphatic rings. The molecule has 0 atom stereocenters. The highest BCUT2D eigenvalue weighted by Crippen LogP contribution is 2.11. The third-order valence-electron chi connectivity index (χ3n) is 4.26. The van der Waals surface area contributed by atoms with Crippen molar-refractivity contribution in [3.63, 3.8) is 0 Å². The Balaban J connectivity index is 0.00000420. The van der Waals surface area contributed by atoms with Gasteiger partial charge in [0.25, 0.3) is 0 Å². The average molecular weight is 510 g/mol. The Morgan fingerprint density at radius 2 is 1.66 bits per heavy atom. The van der Waals surface area contributed by atoms with E-state index in [9.17, 15) is 4.79 Å². The number of hydrogen-bond acceptors (Lipinski definition) is 3. The van der Waals surface area contributed by atoms with Crippen molar-refractivity contribution in [1.82, 2.24) is 15.5 Å². The third-order valence-corrected chi connectivity index (χ3v) is 4.26. The Bertz CT molecular complexity index is 776. The van der Waals surface area contributed by atoms with Crippen LogP contribution in [0.5, 0.6) is 5.75 Å². The van der Waals surface area contributed by atoms with Crippen molar-refractivity contribution < 1.29 is 9.53 Å². The van der Waals surface area contributed by atoms with Gasteiger partial charge in [0, 0.05) is 26.7 Å². The maximum atomic E-state index is 12.2. The highest BCUT2D eigenvalue weighted by atomic mass is 127. The molecule has 29 heavy (non-hydrogen) atoms. The van der Waals surface area contributed by atoms with E-state index < -0.39 is 0 Å². The number of carbonyl (C=O) groups excluding carboxylic acids is 1. The van der Waals surface area contributed by atoms with Crippen LogP contribution in [-0.4, -0.2) is 44.0 Å². The molecule has 0 aromatic heterocycles. The lowest BCUT2D eigenvalue weighted by molar-refractivity contribution is -0.119. The van der Waals surface area contributed by atoms with Crippen LogP contribution in [-0.2, 0) is 17.9 Å². The van der Waals surface area contributed by atoms with Gasteiger partial charge in [0.2, 0.25) is 5.91 Å². The Hall–Kier alpha value is -2.29. The number of hydrogen-bond donors (Lipinski definition) is 2. The molecule has 0 heterocycles. The van der Waals surface area contributed by atoms with Crippen LogP contribution in [0.3, 0.4) is 0 Å². The summed E-state index contributed by atoms with van der Waals surface area (Å²) in [5.41, 5.74) is 3.45. The van der Waals surface area contributed by atoms with E-state index >= 15 is 0 Å². The van der Waals surface area contributed by atoms with E-state index in [2.05, 4.69) is 46.8 Å². The molecule has 0 fully saturated rings. The van der Waals surface area contributed by atoms with Crippen molar-refractivity contribution in [1.29, 1.82) is 0 Å². The molecule has 2 aromatic carbocycles. The van der Waals surface area contributed by atoms with Gasteiger partial charge in [0.05, 0.1) is 7.11 Å². The number of rotatable bonds is 8. The molecular weight excluding hydrogens is 479 g/mol. The van der Waals surface area contributed by atoms with E-state index in [1.807, 2.05) is 43.1 Å². The van der Waals surface area contributed by atoms with Gasteiger partial charge < -0.3 is 20.3 Å². The van der Waals surface area contributed by atoms with Gasteiger partial charge in [-0.25, -0.2) is 4.99 Å². The molecule has 2 rings (SSSR count). The van der Waals surface area contributed by atoms with E-state index in [0.29, 0.717) is 12.5 Å². The van der Waals surface area contributed by atoms with Crippen molar-refractivity contribution >= 4 is 35.8 Å². The number of nitrogens with zero attached hydrogens (tertiary/aromatic N) is 2. The van der Waals surface area contributed by atoms with Gasteiger partial charge in [-0.05, 0) is 37.1 Å². The molecule has 0 bridgehead atoms. The molecule has 1 amide bonds. The zero-order valence-electron chi connectivity index (χ0n) is 17.6. The maximum absolute atomic E-state index is 12.2. The number of aryl methyl sites for hydroxylation is 1. The minimum atomic E-state index is -0.116. The lowest BCUT2D eigenvalue weighted by atomic mass is 10.1. The van der Waals surface area contributed by atoms with Crippen molar-refractivity contribution in [2.24, 2.45) is 4.99 Å². The van der Waals surface area contributed by atoms with Crippen LogP contribution in [0.15, 0.2) is 53.5 Å². The van der Waals surface area contributed by atoms with Crippen LogP contribution < -0.4 is 15.4 Å². The number of ether oxygens (including phenoxy) is 1. The van der Waals surface area contributed by atoms with E-state index in [4.69, 9.17) is 4.74 Å². The van der Waals surface area contributed by atoms with E-state index in [1.165, 1.54) is 11.1 Å². The van der Waals surface area contributed by atoms with Gasteiger partial charge in [0.1, 0.15) is 12.3 Å². The molecule has 0 radical (unpaired) electrons. The fraction of sp³-hybridized carbons (Fsp3) is 0.364. The van der Waals surface area contributed by atoms with Crippen molar-refractivity contribution in [2.45, 2.75) is 26.9 Å². The van der Waals surface area contributed by atoms with Gasteiger partial charge in [0.15, 0.2) is 5.96 Å². The molecule has 6 nitrogen and oxygen atoms in total. The minimum Gasteiger partial charge on any atom is -0.497 e. The molecule has 158 valence electrons. The Morgan fingerprint density at radius 1 is 1.03 bits per heavy atom. The molecule has 0 aliphatic heterocycles. The summed E-state index contributed by atoms with van der Waals surface area (Å²) < 4.78 is 5.14. The predicted octanol–water partition coefficient (Wildman–Crippen LogP) is 3.34. The largest absolute Gasteiger partial charge is 0.497 e. The van der Waals surface area contributed by atoms with Crippen LogP contribution >= 0.6 is 24.0 Å². The molecule has 0 saturated heterocycles. The molecule has 0 saturated carbocycles. The zero-order valence-corrected chi connectivity index (χ0v) is 19.9. The topological polar surface area (TPSA) is 66.0 Å². The summed E-state index contributed by atoms with van der Waals surface area (Å²) in [5.74, 6) is 1.39. The van der Waals surface area contributed by atoms with Gasteiger partial charge in [-0.2, -0.15) is 0 Å². The first kappa shape index (κ1) is 24.7. The lowest BCUT2D eigenvalue weighted by Crippen LogP contribution is -2.39. The quantitative estimate of drug-likeness (QED) is 0.325. The van der Waals surface area contributed by atoms with Crippen molar-refractivity contribution in [3.8, 4) is 5.75 Å². The number of benzene rings is 2. The summed E-state index contributed by atoms with van der Waals surface area (Å²) in [4.78, 5) is 18.7. The molecular formula is C22H31IN4O2. The van der Waals surface area contributed by atoms with Gasteiger partial charge in [-0.15, -0.1) is 24.0 Å². The van der Waals surface area contributed by atoms with Crippen molar-refractivity contribution in [3.05, 3.63) is 65.2 Å². The van der Waals surface area contributed by atoms with Crippen LogP contribution in [0.1, 0.15) is 23.6 Å². The Kier molecular flexibility index (Phi) is 11.1. The number of amides is 1. The molecule has 0 aliphatic carbocycles. The number of methoxy groups -OCH3 is 1. The molecule has 0 unspecified atom stereocenters. The fourth-order valence-electron chi connectivity index (χ4n) is 2.66. The standard InChI is InChI=1S/C22H30N4O2.HI/c1-5-23-22(26(3)16-19-8-6-17(2)7-9-19)25-15-21(27)24-14-18-10-12-20(28-4)13-11-18;/h6-13H,5,14-16H2,1-4H3,(H,23,25)(H,24,27);1H. The average Bonchev–Trinajstić information content (AvgIpc) is 2.71. The first-order chi connectivity index (χ1) is 13.5. The second kappa shape index (κ2) is 13.0. The van der Waals surface area contributed by atoms with Crippen molar-refractivity contribution in [2.75, 3.05) is 27.2 Å². The summed E-state index contributed by atoms with van der Waals surface area (Å²) in [7, 11) is 3.60. The summed E-state index contributed by atoms with van der Waals surface area (Å²) >= 11 is 0. The summed E-state index contributed by atoms with van der Waals surface area (Å²) in [6.45, 7) is 6.09. The van der Waals surface area contributed by atoms with E-state index in [0.717, 1.165) is 24.4 Å². The van der Waals surface area contributed by atoms with Gasteiger partial charge in [-0.1, -0.05) is 42.0 Å². The molecule has 0 spiro atoms. The van der Waals surface area contributed by atoms with Crippen LogP contribution in [0.25, 0.3) is 0 Å². The molecule has 2 aromatic rings. The fourth-order valence-corrected chi connectivity index (χ4v) is 2.66. The summed E-state index contributed by atoms with van der Waals surface area (Å²) in [6, 6.07) is 16.0. The molecule has 2 N–H and O–H groups in total. The minimum absolute atomic E-state index is 0. The summed E-state index contributed by atoms with van der Waals surface area (Å²) in [5, 5.41) is 6.13. The highest BCUT2D eigenvalue weighted by molar-refractivity contribution is 14.0. The van der Waals surface area contributed by atoms with E-state index in [-0.39, 0.29) is 36.4 Å². The smallest absolute Gasteiger partial charge is 0.242 e. The first-order valence-corrected chi connectivity index (χ1v) is 9.46. The van der Waals surface area contributed by atoms with Gasteiger partial charge in [-0.3, -0.25) is 4.79 Å². The highest BCUT2D eigenvalue weighted by Gasteiger charge is 2.08. The number of halogens is 1. The number of aliphatic imine (C=N–C) groups is 1. The predicted molar refractivity (Wildman–Crippen MR) is 129 cm³/mol. The second-order valence-corrected chi connectivity index (χ2v) is 6.64. The SMILES string of the molecule is CCNC(=NCC(=O)NCc1ccc(OC)cc1)N(C)Cc1ccc(C)cc1.I. The zero-order chi connectivity index (χ0) is 20.4.